The van der Waals surface area contributed by atoms with Crippen LogP contribution in [0, 0.1) is 30.9 Å². The van der Waals surface area contributed by atoms with Crippen LogP contribution in [0.1, 0.15) is 16.7 Å². The van der Waals surface area contributed by atoms with E-state index in [9.17, 15) is 18.5 Å². The third-order valence-electron chi connectivity index (χ3n) is 3.81. The van der Waals surface area contributed by atoms with Crippen molar-refractivity contribution in [2.24, 2.45) is 0 Å². The van der Waals surface area contributed by atoms with E-state index < -0.39 is 14.9 Å². The Hall–Kier alpha value is -2.45. The third-order valence-corrected chi connectivity index (χ3v) is 5.42. The van der Waals surface area contributed by atoms with Gasteiger partial charge in [0.25, 0.3) is 5.69 Å². The fourth-order valence-corrected chi connectivity index (χ4v) is 3.49. The predicted molar refractivity (Wildman–Crippen MR) is 94.4 cm³/mol. The summed E-state index contributed by atoms with van der Waals surface area (Å²) >= 11 is 0. The normalized spacial score (nSPS) is 11.3. The van der Waals surface area contributed by atoms with Gasteiger partial charge in [0.05, 0.1) is 9.82 Å². The highest BCUT2D eigenvalue weighted by Crippen LogP contribution is 2.21. The van der Waals surface area contributed by atoms with Crippen molar-refractivity contribution in [2.45, 2.75) is 25.7 Å². The molecule has 0 radical (unpaired) electrons. The Morgan fingerprint density at radius 1 is 1.04 bits per heavy atom. The van der Waals surface area contributed by atoms with Crippen LogP contribution in [0.25, 0.3) is 0 Å². The SMILES string of the molecule is Cc1ccc(OCCNS(=O)(=O)c2cc([N+](=O)[O-])ccc2C)cc1C. The zero-order chi connectivity index (χ0) is 18.6. The minimum Gasteiger partial charge on any atom is -0.492 e. The molecule has 0 amide bonds. The maximum atomic E-state index is 12.3. The predicted octanol–water partition coefficient (Wildman–Crippen LogP) is 2.88. The Morgan fingerprint density at radius 3 is 2.36 bits per heavy atom. The van der Waals surface area contributed by atoms with Crippen molar-refractivity contribution in [1.82, 2.24) is 4.72 Å². The van der Waals surface area contributed by atoms with Gasteiger partial charge in [-0.2, -0.15) is 0 Å². The number of non-ortho nitro benzene ring substituents is 1. The lowest BCUT2D eigenvalue weighted by molar-refractivity contribution is -0.385. The van der Waals surface area contributed by atoms with Gasteiger partial charge in [0.2, 0.25) is 10.0 Å². The summed E-state index contributed by atoms with van der Waals surface area (Å²) in [6.07, 6.45) is 0. The second kappa shape index (κ2) is 7.62. The number of aryl methyl sites for hydroxylation is 3. The molecule has 134 valence electrons. The highest BCUT2D eigenvalue weighted by molar-refractivity contribution is 7.89. The molecule has 25 heavy (non-hydrogen) atoms. The minimum absolute atomic E-state index is 0.0530. The number of nitro benzene ring substituents is 1. The molecule has 0 spiro atoms. The highest BCUT2D eigenvalue weighted by Gasteiger charge is 2.20. The van der Waals surface area contributed by atoms with Crippen molar-refractivity contribution in [2.75, 3.05) is 13.2 Å². The van der Waals surface area contributed by atoms with Crippen molar-refractivity contribution < 1.29 is 18.1 Å². The van der Waals surface area contributed by atoms with Gasteiger partial charge in [-0.05, 0) is 49.6 Å². The van der Waals surface area contributed by atoms with E-state index in [1.165, 1.54) is 12.1 Å². The summed E-state index contributed by atoms with van der Waals surface area (Å²) in [4.78, 5) is 10.1. The van der Waals surface area contributed by atoms with Gasteiger partial charge in [-0.25, -0.2) is 13.1 Å². The monoisotopic (exact) mass is 364 g/mol. The molecule has 0 unspecified atom stereocenters. The number of hydrogen-bond donors (Lipinski definition) is 1. The molecular weight excluding hydrogens is 344 g/mol. The van der Waals surface area contributed by atoms with E-state index in [2.05, 4.69) is 4.72 Å². The van der Waals surface area contributed by atoms with E-state index in [1.54, 1.807) is 6.92 Å². The zero-order valence-electron chi connectivity index (χ0n) is 14.3. The number of hydrogen-bond acceptors (Lipinski definition) is 5. The standard InChI is InChI=1S/C17H20N2O5S/c1-12-5-7-16(10-14(12)3)24-9-8-18-25(22,23)17-11-15(19(20)21)6-4-13(17)2/h4-7,10-11,18H,8-9H2,1-3H3. The van der Waals surface area contributed by atoms with Gasteiger partial charge in [-0.1, -0.05) is 12.1 Å². The van der Waals surface area contributed by atoms with Crippen LogP contribution in [-0.4, -0.2) is 26.5 Å². The first kappa shape index (κ1) is 18.9. The molecular formula is C17H20N2O5S. The average molecular weight is 364 g/mol. The van der Waals surface area contributed by atoms with Crippen LogP contribution in [0.15, 0.2) is 41.3 Å². The molecule has 0 heterocycles. The largest absolute Gasteiger partial charge is 0.492 e. The highest BCUT2D eigenvalue weighted by atomic mass is 32.2. The molecule has 8 heteroatoms. The summed E-state index contributed by atoms with van der Waals surface area (Å²) in [6.45, 7) is 5.75. The Balaban J connectivity index is 2.01. The van der Waals surface area contributed by atoms with Gasteiger partial charge >= 0.3 is 0 Å². The van der Waals surface area contributed by atoms with Crippen LogP contribution in [0.4, 0.5) is 5.69 Å². The lowest BCUT2D eigenvalue weighted by Crippen LogP contribution is -2.28. The van der Waals surface area contributed by atoms with Crippen molar-refractivity contribution in [3.63, 3.8) is 0 Å². The van der Waals surface area contributed by atoms with Crippen LogP contribution in [-0.2, 0) is 10.0 Å². The summed E-state index contributed by atoms with van der Waals surface area (Å²) < 4.78 is 32.6. The van der Waals surface area contributed by atoms with Crippen molar-refractivity contribution in [3.8, 4) is 5.75 Å². The van der Waals surface area contributed by atoms with Crippen LogP contribution in [0.3, 0.4) is 0 Å². The summed E-state index contributed by atoms with van der Waals surface area (Å²) in [5, 5.41) is 10.8. The summed E-state index contributed by atoms with van der Waals surface area (Å²) in [6, 6.07) is 9.38. The van der Waals surface area contributed by atoms with Crippen molar-refractivity contribution in [1.29, 1.82) is 0 Å². The van der Waals surface area contributed by atoms with Gasteiger partial charge in [-0.15, -0.1) is 0 Å². The number of rotatable bonds is 7. The third kappa shape index (κ3) is 4.77. The molecule has 7 nitrogen and oxygen atoms in total. The molecule has 0 atom stereocenters. The first-order valence-electron chi connectivity index (χ1n) is 7.65. The topological polar surface area (TPSA) is 98.5 Å². The maximum absolute atomic E-state index is 12.3. The summed E-state index contributed by atoms with van der Waals surface area (Å²) in [7, 11) is -3.85. The lowest BCUT2D eigenvalue weighted by Gasteiger charge is -2.11. The van der Waals surface area contributed by atoms with Crippen molar-refractivity contribution >= 4 is 15.7 Å². The van der Waals surface area contributed by atoms with Crippen LogP contribution < -0.4 is 9.46 Å². The van der Waals surface area contributed by atoms with E-state index in [0.29, 0.717) is 11.3 Å². The second-order valence-corrected chi connectivity index (χ2v) is 7.43. The average Bonchev–Trinajstić information content (AvgIpc) is 2.55. The van der Waals surface area contributed by atoms with E-state index in [-0.39, 0.29) is 23.7 Å². The lowest BCUT2D eigenvalue weighted by atomic mass is 10.1. The molecule has 0 aliphatic heterocycles. The zero-order valence-corrected chi connectivity index (χ0v) is 15.1. The molecule has 0 fully saturated rings. The van der Waals surface area contributed by atoms with Crippen LogP contribution in [0.5, 0.6) is 5.75 Å². The molecule has 2 aromatic carbocycles. The number of sulfonamides is 1. The van der Waals surface area contributed by atoms with E-state index in [1.807, 2.05) is 32.0 Å². The molecule has 0 aromatic heterocycles. The Kier molecular flexibility index (Phi) is 5.76. The number of nitrogens with zero attached hydrogens (tertiary/aromatic N) is 1. The minimum atomic E-state index is -3.85. The molecule has 2 aromatic rings. The fourth-order valence-electron chi connectivity index (χ4n) is 2.22. The number of benzene rings is 2. The van der Waals surface area contributed by atoms with Gasteiger partial charge in [-0.3, -0.25) is 10.1 Å². The van der Waals surface area contributed by atoms with Gasteiger partial charge < -0.3 is 4.74 Å². The Bertz CT molecular complexity index is 894. The van der Waals surface area contributed by atoms with E-state index in [0.717, 1.165) is 17.2 Å². The maximum Gasteiger partial charge on any atom is 0.270 e. The van der Waals surface area contributed by atoms with Gasteiger partial charge in [0, 0.05) is 18.7 Å². The number of nitrogens with one attached hydrogen (secondary N) is 1. The molecule has 1 N–H and O–H groups in total. The van der Waals surface area contributed by atoms with E-state index >= 15 is 0 Å². The van der Waals surface area contributed by atoms with Crippen LogP contribution >= 0.6 is 0 Å². The van der Waals surface area contributed by atoms with Gasteiger partial charge in [0.1, 0.15) is 12.4 Å². The molecule has 0 aliphatic carbocycles. The summed E-state index contributed by atoms with van der Waals surface area (Å²) in [5.41, 5.74) is 2.41. The Morgan fingerprint density at radius 2 is 1.72 bits per heavy atom. The summed E-state index contributed by atoms with van der Waals surface area (Å²) in [5.74, 6) is 0.661. The van der Waals surface area contributed by atoms with Gasteiger partial charge in [0.15, 0.2) is 0 Å². The van der Waals surface area contributed by atoms with E-state index in [4.69, 9.17) is 4.74 Å². The molecule has 0 saturated carbocycles. The smallest absolute Gasteiger partial charge is 0.270 e. The number of nitro groups is 1. The molecule has 0 aliphatic rings. The van der Waals surface area contributed by atoms with Crippen LogP contribution in [0.2, 0.25) is 0 Å². The number of ether oxygens (including phenoxy) is 1. The Labute approximate surface area is 146 Å². The second-order valence-electron chi connectivity index (χ2n) is 5.70. The fraction of sp³-hybridized carbons (Fsp3) is 0.294. The first-order chi connectivity index (χ1) is 11.7. The first-order valence-corrected chi connectivity index (χ1v) is 9.14. The molecule has 0 bridgehead atoms. The van der Waals surface area contributed by atoms with Crippen molar-refractivity contribution in [3.05, 3.63) is 63.2 Å². The molecule has 0 saturated heterocycles. The quantitative estimate of drug-likeness (QED) is 0.463. The molecule has 2 rings (SSSR count).